The van der Waals surface area contributed by atoms with E-state index < -0.39 is 0 Å². The van der Waals surface area contributed by atoms with Crippen molar-refractivity contribution in [2.45, 2.75) is 38.3 Å². The van der Waals surface area contributed by atoms with Crippen LogP contribution in [0.4, 0.5) is 0 Å². The number of nitrogens with zero attached hydrogens (tertiary/aromatic N) is 3. The minimum Gasteiger partial charge on any atom is -0.472 e. The number of hydrogen-bond donors (Lipinski definition) is 0. The Morgan fingerprint density at radius 1 is 1.35 bits per heavy atom. The summed E-state index contributed by atoms with van der Waals surface area (Å²) in [6.07, 6.45) is 8.03. The van der Waals surface area contributed by atoms with E-state index in [2.05, 4.69) is 10.3 Å². The predicted molar refractivity (Wildman–Crippen MR) is 99.9 cm³/mol. The minimum atomic E-state index is 0.228. The highest BCUT2D eigenvalue weighted by Crippen LogP contribution is 2.25. The summed E-state index contributed by atoms with van der Waals surface area (Å²) in [5, 5.41) is 3.03. The van der Waals surface area contributed by atoms with Crippen LogP contribution in [0.25, 0.3) is 10.6 Å². The summed E-state index contributed by atoms with van der Waals surface area (Å²) >= 11 is 1.61. The lowest BCUT2D eigenvalue weighted by Gasteiger charge is -2.26. The first kappa shape index (κ1) is 17.7. The van der Waals surface area contributed by atoms with Gasteiger partial charge in [-0.1, -0.05) is 0 Å². The standard InChI is InChI=1S/C19H25N3O3S/c23-18(22-6-1-2-7-22)12-21(11-17-4-3-8-25-17)10-16-14-26-19(20-16)15-5-9-24-13-15/h5,9,13-14,17H,1-4,6-8,10-12H2/t17-/m0/s1. The van der Waals surface area contributed by atoms with Gasteiger partial charge in [0.15, 0.2) is 0 Å². The molecule has 2 aliphatic rings. The maximum Gasteiger partial charge on any atom is 0.236 e. The van der Waals surface area contributed by atoms with Crippen molar-refractivity contribution in [3.05, 3.63) is 29.7 Å². The molecule has 0 aliphatic carbocycles. The Labute approximate surface area is 157 Å². The number of aromatic nitrogens is 1. The van der Waals surface area contributed by atoms with Crippen molar-refractivity contribution >= 4 is 17.2 Å². The number of likely N-dealkylation sites (tertiary alicyclic amines) is 1. The van der Waals surface area contributed by atoms with Gasteiger partial charge in [-0.2, -0.15) is 0 Å². The Kier molecular flexibility index (Phi) is 5.67. The first-order valence-electron chi connectivity index (χ1n) is 9.36. The highest BCUT2D eigenvalue weighted by Gasteiger charge is 2.25. The average Bonchev–Trinajstić information content (AvgIpc) is 3.40. The fourth-order valence-corrected chi connectivity index (χ4v) is 4.44. The number of ether oxygens (including phenoxy) is 1. The maximum atomic E-state index is 12.6. The van der Waals surface area contributed by atoms with Crippen LogP contribution in [0.3, 0.4) is 0 Å². The molecule has 0 aromatic carbocycles. The summed E-state index contributed by atoms with van der Waals surface area (Å²) < 4.78 is 10.9. The van der Waals surface area contributed by atoms with E-state index in [9.17, 15) is 4.79 Å². The lowest BCUT2D eigenvalue weighted by atomic mass is 10.2. The lowest BCUT2D eigenvalue weighted by molar-refractivity contribution is -0.131. The Morgan fingerprint density at radius 3 is 2.96 bits per heavy atom. The minimum absolute atomic E-state index is 0.228. The third-order valence-electron chi connectivity index (χ3n) is 5.01. The smallest absolute Gasteiger partial charge is 0.236 e. The molecule has 2 fully saturated rings. The molecule has 0 radical (unpaired) electrons. The van der Waals surface area contributed by atoms with Gasteiger partial charge in [0.2, 0.25) is 5.91 Å². The van der Waals surface area contributed by atoms with E-state index >= 15 is 0 Å². The zero-order chi connectivity index (χ0) is 17.8. The van der Waals surface area contributed by atoms with Gasteiger partial charge in [-0.25, -0.2) is 4.98 Å². The zero-order valence-corrected chi connectivity index (χ0v) is 15.7. The summed E-state index contributed by atoms with van der Waals surface area (Å²) in [6, 6.07) is 1.92. The molecular weight excluding hydrogens is 350 g/mol. The molecule has 1 atom stereocenters. The third kappa shape index (κ3) is 4.34. The van der Waals surface area contributed by atoms with Crippen LogP contribution in [0, 0.1) is 0 Å². The Bertz CT molecular complexity index is 703. The molecule has 0 saturated carbocycles. The normalized spacial score (nSPS) is 20.3. The number of rotatable bonds is 7. The predicted octanol–water partition coefficient (Wildman–Crippen LogP) is 3.01. The monoisotopic (exact) mass is 375 g/mol. The van der Waals surface area contributed by atoms with Crippen LogP contribution in [-0.4, -0.2) is 59.6 Å². The van der Waals surface area contributed by atoms with Crippen molar-refractivity contribution in [1.82, 2.24) is 14.8 Å². The quantitative estimate of drug-likeness (QED) is 0.745. The molecule has 2 aliphatic heterocycles. The van der Waals surface area contributed by atoms with Gasteiger partial charge in [0.25, 0.3) is 0 Å². The van der Waals surface area contributed by atoms with Gasteiger partial charge in [-0.05, 0) is 31.7 Å². The van der Waals surface area contributed by atoms with Crippen molar-refractivity contribution in [3.8, 4) is 10.6 Å². The Hall–Kier alpha value is -1.70. The van der Waals surface area contributed by atoms with Crippen molar-refractivity contribution < 1.29 is 13.9 Å². The molecule has 0 spiro atoms. The molecule has 4 heterocycles. The van der Waals surface area contributed by atoms with Crippen molar-refractivity contribution in [1.29, 1.82) is 0 Å². The van der Waals surface area contributed by atoms with E-state index in [0.717, 1.165) is 68.2 Å². The Balaban J connectivity index is 1.42. The van der Waals surface area contributed by atoms with Crippen molar-refractivity contribution in [2.75, 3.05) is 32.8 Å². The molecule has 2 aromatic rings. The molecule has 6 nitrogen and oxygen atoms in total. The molecule has 4 rings (SSSR count). The SMILES string of the molecule is O=C(CN(Cc1csc(-c2ccoc2)n1)C[C@@H]1CCCO1)N1CCCC1. The van der Waals surface area contributed by atoms with Crippen LogP contribution in [0.5, 0.6) is 0 Å². The van der Waals surface area contributed by atoms with Crippen molar-refractivity contribution in [2.24, 2.45) is 0 Å². The molecule has 0 bridgehead atoms. The van der Waals surface area contributed by atoms with Gasteiger partial charge in [0.05, 0.1) is 24.6 Å². The van der Waals surface area contributed by atoms with Gasteiger partial charge in [-0.3, -0.25) is 9.69 Å². The van der Waals surface area contributed by atoms with Crippen LogP contribution in [0.2, 0.25) is 0 Å². The molecule has 140 valence electrons. The molecule has 0 unspecified atom stereocenters. The molecule has 2 saturated heterocycles. The first-order valence-corrected chi connectivity index (χ1v) is 10.2. The van der Waals surface area contributed by atoms with Crippen molar-refractivity contribution in [3.63, 3.8) is 0 Å². The molecule has 1 amide bonds. The van der Waals surface area contributed by atoms with E-state index in [1.54, 1.807) is 23.9 Å². The largest absolute Gasteiger partial charge is 0.472 e. The summed E-state index contributed by atoms with van der Waals surface area (Å²) in [4.78, 5) is 21.5. The number of furan rings is 1. The van der Waals surface area contributed by atoms with E-state index in [0.29, 0.717) is 13.1 Å². The number of thiazole rings is 1. The van der Waals surface area contributed by atoms with E-state index in [-0.39, 0.29) is 12.0 Å². The number of carbonyl (C=O) groups is 1. The summed E-state index contributed by atoms with van der Waals surface area (Å²) in [5.74, 6) is 0.228. The van der Waals surface area contributed by atoms with E-state index in [4.69, 9.17) is 14.1 Å². The average molecular weight is 375 g/mol. The molecule has 2 aromatic heterocycles. The highest BCUT2D eigenvalue weighted by atomic mass is 32.1. The van der Waals surface area contributed by atoms with Gasteiger partial charge in [-0.15, -0.1) is 11.3 Å². The van der Waals surface area contributed by atoms with Crippen LogP contribution >= 0.6 is 11.3 Å². The fraction of sp³-hybridized carbons (Fsp3) is 0.579. The van der Waals surface area contributed by atoms with Crippen LogP contribution in [-0.2, 0) is 16.1 Å². The first-order chi connectivity index (χ1) is 12.8. The maximum absolute atomic E-state index is 12.6. The van der Waals surface area contributed by atoms with Crippen LogP contribution in [0.15, 0.2) is 28.4 Å². The molecule has 7 heteroatoms. The molecular formula is C19H25N3O3S. The fourth-order valence-electron chi connectivity index (χ4n) is 3.65. The van der Waals surface area contributed by atoms with Crippen LogP contribution in [0.1, 0.15) is 31.4 Å². The van der Waals surface area contributed by atoms with E-state index in [1.807, 2.05) is 11.0 Å². The second-order valence-electron chi connectivity index (χ2n) is 7.05. The third-order valence-corrected chi connectivity index (χ3v) is 5.95. The Morgan fingerprint density at radius 2 is 2.23 bits per heavy atom. The summed E-state index contributed by atoms with van der Waals surface area (Å²) in [7, 11) is 0. The van der Waals surface area contributed by atoms with Gasteiger partial charge in [0, 0.05) is 43.7 Å². The van der Waals surface area contributed by atoms with E-state index in [1.165, 1.54) is 0 Å². The topological polar surface area (TPSA) is 58.8 Å². The number of hydrogen-bond acceptors (Lipinski definition) is 6. The zero-order valence-electron chi connectivity index (χ0n) is 14.9. The molecule has 26 heavy (non-hydrogen) atoms. The number of amides is 1. The highest BCUT2D eigenvalue weighted by molar-refractivity contribution is 7.13. The molecule has 0 N–H and O–H groups in total. The lowest BCUT2D eigenvalue weighted by Crippen LogP contribution is -2.41. The summed E-state index contributed by atoms with van der Waals surface area (Å²) in [6.45, 7) is 4.53. The number of carbonyl (C=O) groups excluding carboxylic acids is 1. The second kappa shape index (κ2) is 8.33. The summed E-state index contributed by atoms with van der Waals surface area (Å²) in [5.41, 5.74) is 2.00. The van der Waals surface area contributed by atoms with Gasteiger partial charge >= 0.3 is 0 Å². The second-order valence-corrected chi connectivity index (χ2v) is 7.91. The van der Waals surface area contributed by atoms with Gasteiger partial charge < -0.3 is 14.1 Å². The van der Waals surface area contributed by atoms with Crippen LogP contribution < -0.4 is 0 Å². The van der Waals surface area contributed by atoms with Gasteiger partial charge in [0.1, 0.15) is 11.3 Å².